The highest BCUT2D eigenvalue weighted by Crippen LogP contribution is 2.28. The number of hydrogen-bond donors (Lipinski definition) is 1. The summed E-state index contributed by atoms with van der Waals surface area (Å²) in [6.07, 6.45) is -1.57. The van der Waals surface area contributed by atoms with Crippen LogP contribution in [-0.2, 0) is 14.3 Å². The van der Waals surface area contributed by atoms with Gasteiger partial charge in [0.25, 0.3) is 0 Å². The molecule has 1 amide bonds. The molecule has 98 valence electrons. The molecule has 1 aliphatic rings. The third-order valence-corrected chi connectivity index (χ3v) is 2.32. The van der Waals surface area contributed by atoms with Crippen LogP contribution >= 0.6 is 0 Å². The maximum absolute atomic E-state index is 11.9. The zero-order chi connectivity index (χ0) is 13.4. The van der Waals surface area contributed by atoms with Crippen molar-refractivity contribution in [1.82, 2.24) is 4.90 Å². The summed E-state index contributed by atoms with van der Waals surface area (Å²) in [5.74, 6) is -1.08. The molecule has 0 saturated carbocycles. The highest BCUT2D eigenvalue weighted by molar-refractivity contribution is 5.76. The Labute approximate surface area is 100 Å². The number of carboxylic acid groups (broad SMARTS) is 1. The SMILES string of the molecule is CC(C)(C)OC(=O)N1CC(C(=O)O)OC1(C)C. The Morgan fingerprint density at radius 3 is 2.29 bits per heavy atom. The third-order valence-electron chi connectivity index (χ3n) is 2.32. The number of carboxylic acids is 1. The first-order chi connectivity index (χ1) is 7.53. The molecule has 0 radical (unpaired) electrons. The minimum Gasteiger partial charge on any atom is -0.479 e. The van der Waals surface area contributed by atoms with Crippen LogP contribution in [-0.4, -0.2) is 46.0 Å². The Morgan fingerprint density at radius 1 is 1.41 bits per heavy atom. The summed E-state index contributed by atoms with van der Waals surface area (Å²) in [6.45, 7) is 8.54. The summed E-state index contributed by atoms with van der Waals surface area (Å²) in [5.41, 5.74) is -1.58. The van der Waals surface area contributed by atoms with Crippen molar-refractivity contribution in [2.24, 2.45) is 0 Å². The van der Waals surface area contributed by atoms with Gasteiger partial charge in [-0.1, -0.05) is 0 Å². The molecule has 6 heteroatoms. The van der Waals surface area contributed by atoms with E-state index >= 15 is 0 Å². The van der Waals surface area contributed by atoms with Crippen LogP contribution in [0, 0.1) is 0 Å². The zero-order valence-electron chi connectivity index (χ0n) is 10.8. The van der Waals surface area contributed by atoms with E-state index in [1.54, 1.807) is 34.6 Å². The molecule has 0 bridgehead atoms. The van der Waals surface area contributed by atoms with Gasteiger partial charge in [-0.25, -0.2) is 9.59 Å². The summed E-state index contributed by atoms with van der Waals surface area (Å²) >= 11 is 0. The fourth-order valence-electron chi connectivity index (χ4n) is 1.57. The van der Waals surface area contributed by atoms with Gasteiger partial charge in [0.05, 0.1) is 6.54 Å². The lowest BCUT2D eigenvalue weighted by atomic mass is 10.2. The van der Waals surface area contributed by atoms with E-state index in [9.17, 15) is 9.59 Å². The second-order valence-corrected chi connectivity index (χ2v) is 5.48. The lowest BCUT2D eigenvalue weighted by molar-refractivity contribution is -0.154. The number of amides is 1. The molecule has 0 spiro atoms. The summed E-state index contributed by atoms with van der Waals surface area (Å²) in [7, 11) is 0. The number of hydrogen-bond acceptors (Lipinski definition) is 4. The predicted molar refractivity (Wildman–Crippen MR) is 59.5 cm³/mol. The molecule has 0 aromatic heterocycles. The van der Waals surface area contributed by atoms with Gasteiger partial charge in [0.1, 0.15) is 11.3 Å². The Balaban J connectivity index is 2.77. The first-order valence-corrected chi connectivity index (χ1v) is 5.44. The van der Waals surface area contributed by atoms with E-state index in [1.807, 2.05) is 0 Å². The van der Waals surface area contributed by atoms with Gasteiger partial charge in [-0.15, -0.1) is 0 Å². The van der Waals surface area contributed by atoms with Crippen molar-refractivity contribution in [2.75, 3.05) is 6.54 Å². The molecule has 0 aromatic rings. The maximum atomic E-state index is 11.9. The largest absolute Gasteiger partial charge is 0.479 e. The van der Waals surface area contributed by atoms with E-state index in [1.165, 1.54) is 4.90 Å². The van der Waals surface area contributed by atoms with Crippen molar-refractivity contribution in [1.29, 1.82) is 0 Å². The Kier molecular flexibility index (Phi) is 3.38. The number of nitrogens with zero attached hydrogens (tertiary/aromatic N) is 1. The molecule has 1 N–H and O–H groups in total. The first kappa shape index (κ1) is 13.8. The number of ether oxygens (including phenoxy) is 2. The summed E-state index contributed by atoms with van der Waals surface area (Å²) < 4.78 is 10.5. The lowest BCUT2D eigenvalue weighted by Crippen LogP contribution is -2.46. The van der Waals surface area contributed by atoms with Crippen LogP contribution in [0.15, 0.2) is 0 Å². The van der Waals surface area contributed by atoms with Crippen molar-refractivity contribution in [3.63, 3.8) is 0 Å². The molecule has 1 fully saturated rings. The molecule has 1 unspecified atom stereocenters. The molecule has 1 aliphatic heterocycles. The van der Waals surface area contributed by atoms with E-state index in [4.69, 9.17) is 14.6 Å². The van der Waals surface area contributed by atoms with Crippen LogP contribution in [0.4, 0.5) is 4.79 Å². The van der Waals surface area contributed by atoms with Crippen LogP contribution < -0.4 is 0 Å². The molecule has 1 saturated heterocycles. The number of aliphatic carboxylic acids is 1. The van der Waals surface area contributed by atoms with Crippen LogP contribution in [0.25, 0.3) is 0 Å². The molecule has 17 heavy (non-hydrogen) atoms. The van der Waals surface area contributed by atoms with Gasteiger partial charge in [0.2, 0.25) is 0 Å². The topological polar surface area (TPSA) is 76.1 Å². The van der Waals surface area contributed by atoms with E-state index in [2.05, 4.69) is 0 Å². The fraction of sp³-hybridized carbons (Fsp3) is 0.818. The van der Waals surface area contributed by atoms with Gasteiger partial charge in [-0.05, 0) is 34.6 Å². The van der Waals surface area contributed by atoms with Crippen molar-refractivity contribution in [3.8, 4) is 0 Å². The Hall–Kier alpha value is -1.30. The number of carbonyl (C=O) groups is 2. The minimum atomic E-state index is -1.08. The Morgan fingerprint density at radius 2 is 1.94 bits per heavy atom. The van der Waals surface area contributed by atoms with Gasteiger partial charge < -0.3 is 14.6 Å². The highest BCUT2D eigenvalue weighted by atomic mass is 16.6. The normalized spacial score (nSPS) is 23.6. The summed E-state index contributed by atoms with van der Waals surface area (Å²) in [4.78, 5) is 24.0. The molecular weight excluding hydrogens is 226 g/mol. The zero-order valence-corrected chi connectivity index (χ0v) is 10.8. The average Bonchev–Trinajstić information content (AvgIpc) is 2.38. The van der Waals surface area contributed by atoms with Crippen molar-refractivity contribution in [2.45, 2.75) is 52.0 Å². The highest BCUT2D eigenvalue weighted by Gasteiger charge is 2.46. The van der Waals surface area contributed by atoms with Crippen molar-refractivity contribution < 1.29 is 24.2 Å². The molecule has 0 aliphatic carbocycles. The quantitative estimate of drug-likeness (QED) is 0.756. The first-order valence-electron chi connectivity index (χ1n) is 5.44. The van der Waals surface area contributed by atoms with Crippen LogP contribution in [0.5, 0.6) is 0 Å². The third kappa shape index (κ3) is 3.33. The molecule has 1 rings (SSSR count). The van der Waals surface area contributed by atoms with Gasteiger partial charge in [0, 0.05) is 0 Å². The second kappa shape index (κ2) is 4.18. The summed E-state index contributed by atoms with van der Waals surface area (Å²) in [6, 6.07) is 0. The molecule has 1 atom stereocenters. The van der Waals surface area contributed by atoms with Crippen LogP contribution in [0.1, 0.15) is 34.6 Å². The minimum absolute atomic E-state index is 0.00273. The standard InChI is InChI=1S/C11H19NO5/c1-10(2,3)17-9(15)12-6-7(8(13)14)16-11(12,4)5/h7H,6H2,1-5H3,(H,13,14). The smallest absolute Gasteiger partial charge is 0.412 e. The fourth-order valence-corrected chi connectivity index (χ4v) is 1.57. The Bertz CT molecular complexity index is 331. The van der Waals surface area contributed by atoms with Crippen LogP contribution in [0.2, 0.25) is 0 Å². The number of carbonyl (C=O) groups excluding carboxylic acids is 1. The van der Waals surface area contributed by atoms with Gasteiger partial charge in [-0.3, -0.25) is 4.90 Å². The monoisotopic (exact) mass is 245 g/mol. The maximum Gasteiger partial charge on any atom is 0.412 e. The van der Waals surface area contributed by atoms with Gasteiger partial charge in [0.15, 0.2) is 6.10 Å². The molecule has 6 nitrogen and oxygen atoms in total. The predicted octanol–water partition coefficient (Wildman–Crippen LogP) is 1.44. The van der Waals surface area contributed by atoms with E-state index in [-0.39, 0.29) is 6.54 Å². The molecule has 0 aromatic carbocycles. The van der Waals surface area contributed by atoms with Crippen molar-refractivity contribution in [3.05, 3.63) is 0 Å². The molecule has 1 heterocycles. The average molecular weight is 245 g/mol. The summed E-state index contributed by atoms with van der Waals surface area (Å²) in [5, 5.41) is 8.87. The lowest BCUT2D eigenvalue weighted by Gasteiger charge is -2.31. The second-order valence-electron chi connectivity index (χ2n) is 5.48. The van der Waals surface area contributed by atoms with Crippen LogP contribution in [0.3, 0.4) is 0 Å². The number of rotatable bonds is 1. The van der Waals surface area contributed by atoms with E-state index < -0.39 is 29.5 Å². The van der Waals surface area contributed by atoms with Gasteiger partial charge >= 0.3 is 12.1 Å². The van der Waals surface area contributed by atoms with E-state index in [0.717, 1.165) is 0 Å². The van der Waals surface area contributed by atoms with Crippen molar-refractivity contribution >= 4 is 12.1 Å². The molecular formula is C11H19NO5. The van der Waals surface area contributed by atoms with E-state index in [0.29, 0.717) is 0 Å². The van der Waals surface area contributed by atoms with Gasteiger partial charge in [-0.2, -0.15) is 0 Å².